The van der Waals surface area contributed by atoms with Crippen LogP contribution in [0, 0.1) is 0 Å². The van der Waals surface area contributed by atoms with Gasteiger partial charge in [-0.3, -0.25) is 14.3 Å². The lowest BCUT2D eigenvalue weighted by Crippen LogP contribution is -2.48. The zero-order valence-electron chi connectivity index (χ0n) is 18.6. The van der Waals surface area contributed by atoms with Gasteiger partial charge in [0.2, 0.25) is 0 Å². The number of carbonyl (C=O) groups is 2. The number of hydrogen-bond donors (Lipinski definition) is 1. The van der Waals surface area contributed by atoms with Crippen molar-refractivity contribution in [2.45, 2.75) is 11.8 Å². The van der Waals surface area contributed by atoms with Crippen molar-refractivity contribution in [3.05, 3.63) is 88.9 Å². The number of nitrogens with zero attached hydrogens (tertiary/aromatic N) is 2. The average Bonchev–Trinajstić information content (AvgIpc) is 2.83. The lowest BCUT2D eigenvalue weighted by Gasteiger charge is -2.36. The number of amides is 1. The van der Waals surface area contributed by atoms with Crippen LogP contribution >= 0.6 is 11.6 Å². The molecule has 0 atom stereocenters. The second-order valence-corrected chi connectivity index (χ2v) is 10.1. The molecule has 1 heterocycles. The molecule has 0 radical (unpaired) electrons. The summed E-state index contributed by atoms with van der Waals surface area (Å²) >= 11 is 5.94. The number of sulfonamides is 1. The highest BCUT2D eigenvalue weighted by molar-refractivity contribution is 7.92. The maximum absolute atomic E-state index is 13.1. The first kappa shape index (κ1) is 23.8. The third-order valence-electron chi connectivity index (χ3n) is 5.67. The smallest absolute Gasteiger partial charge is 0.261 e. The van der Waals surface area contributed by atoms with Crippen molar-refractivity contribution in [2.75, 3.05) is 35.8 Å². The van der Waals surface area contributed by atoms with Crippen LogP contribution in [0.15, 0.2) is 77.7 Å². The van der Waals surface area contributed by atoms with Gasteiger partial charge in [-0.2, -0.15) is 0 Å². The number of ketones is 1. The fourth-order valence-corrected chi connectivity index (χ4v) is 5.10. The van der Waals surface area contributed by atoms with Gasteiger partial charge >= 0.3 is 0 Å². The van der Waals surface area contributed by atoms with Crippen LogP contribution in [-0.2, 0) is 10.0 Å². The second kappa shape index (κ2) is 9.87. The molecule has 1 aliphatic rings. The molecule has 0 unspecified atom stereocenters. The molecule has 3 aromatic rings. The molecular weight excluding hydrogens is 474 g/mol. The Hall–Kier alpha value is -3.36. The Morgan fingerprint density at radius 3 is 2.18 bits per heavy atom. The van der Waals surface area contributed by atoms with Gasteiger partial charge in [-0.15, -0.1) is 0 Å². The van der Waals surface area contributed by atoms with E-state index >= 15 is 0 Å². The number of halogens is 1. The number of anilines is 2. The molecule has 34 heavy (non-hydrogen) atoms. The fourth-order valence-electron chi connectivity index (χ4n) is 3.82. The average molecular weight is 498 g/mol. The molecular formula is C25H24ClN3O4S. The van der Waals surface area contributed by atoms with Crippen LogP contribution in [-0.4, -0.2) is 51.2 Å². The Labute approximate surface area is 204 Å². The molecule has 1 aliphatic heterocycles. The monoisotopic (exact) mass is 497 g/mol. The van der Waals surface area contributed by atoms with Gasteiger partial charge < -0.3 is 9.80 Å². The van der Waals surface area contributed by atoms with Gasteiger partial charge in [0.05, 0.1) is 10.6 Å². The summed E-state index contributed by atoms with van der Waals surface area (Å²) in [4.78, 5) is 28.4. The molecule has 7 nitrogen and oxygen atoms in total. The van der Waals surface area contributed by atoms with Crippen molar-refractivity contribution < 1.29 is 18.0 Å². The minimum absolute atomic E-state index is 0.00234. The van der Waals surface area contributed by atoms with Crippen molar-refractivity contribution in [1.29, 1.82) is 0 Å². The highest BCUT2D eigenvalue weighted by atomic mass is 35.5. The Bertz CT molecular complexity index is 1320. The molecule has 0 spiro atoms. The largest absolute Gasteiger partial charge is 0.368 e. The summed E-state index contributed by atoms with van der Waals surface area (Å²) in [6.07, 6.45) is 0. The maximum Gasteiger partial charge on any atom is 0.261 e. The van der Waals surface area contributed by atoms with Crippen LogP contribution in [0.1, 0.15) is 27.6 Å². The molecule has 0 bridgehead atoms. The topological polar surface area (TPSA) is 86.8 Å². The number of benzene rings is 3. The summed E-state index contributed by atoms with van der Waals surface area (Å²) in [7, 11) is -3.88. The van der Waals surface area contributed by atoms with Gasteiger partial charge in [0, 0.05) is 48.0 Å². The molecule has 0 aromatic heterocycles. The summed E-state index contributed by atoms with van der Waals surface area (Å²) in [6.45, 7) is 3.82. The zero-order chi connectivity index (χ0) is 24.3. The van der Waals surface area contributed by atoms with E-state index in [1.807, 2.05) is 12.1 Å². The van der Waals surface area contributed by atoms with E-state index in [2.05, 4.69) is 9.62 Å². The summed E-state index contributed by atoms with van der Waals surface area (Å²) in [5.74, 6) is -0.194. The van der Waals surface area contributed by atoms with Crippen molar-refractivity contribution in [3.8, 4) is 0 Å². The third-order valence-corrected chi connectivity index (χ3v) is 7.29. The van der Waals surface area contributed by atoms with Gasteiger partial charge in [0.25, 0.3) is 15.9 Å². The van der Waals surface area contributed by atoms with Gasteiger partial charge in [0.1, 0.15) is 0 Å². The fraction of sp³-hybridized carbons (Fsp3) is 0.200. The van der Waals surface area contributed by atoms with Gasteiger partial charge in [0.15, 0.2) is 5.78 Å². The van der Waals surface area contributed by atoms with E-state index in [4.69, 9.17) is 11.6 Å². The Kier molecular flexibility index (Phi) is 6.90. The number of carbonyl (C=O) groups excluding carboxylic acids is 2. The van der Waals surface area contributed by atoms with Crippen LogP contribution in [0.25, 0.3) is 0 Å². The first-order valence-electron chi connectivity index (χ1n) is 10.8. The summed E-state index contributed by atoms with van der Waals surface area (Å²) in [5, 5.41) is 0.415. The molecule has 0 saturated carbocycles. The van der Waals surface area contributed by atoms with Crippen molar-refractivity contribution >= 4 is 44.7 Å². The molecule has 1 amide bonds. The zero-order valence-corrected chi connectivity index (χ0v) is 20.1. The Morgan fingerprint density at radius 1 is 0.853 bits per heavy atom. The molecule has 3 aromatic carbocycles. The highest BCUT2D eigenvalue weighted by Gasteiger charge is 2.24. The lowest BCUT2D eigenvalue weighted by atomic mass is 10.1. The van der Waals surface area contributed by atoms with E-state index in [0.29, 0.717) is 48.0 Å². The van der Waals surface area contributed by atoms with Crippen LogP contribution in [0.2, 0.25) is 5.02 Å². The van der Waals surface area contributed by atoms with E-state index in [1.165, 1.54) is 25.1 Å². The highest BCUT2D eigenvalue weighted by Crippen LogP contribution is 2.22. The number of piperazine rings is 1. The minimum Gasteiger partial charge on any atom is -0.368 e. The number of nitrogens with one attached hydrogen (secondary N) is 1. The quantitative estimate of drug-likeness (QED) is 0.513. The summed E-state index contributed by atoms with van der Waals surface area (Å²) in [6, 6.07) is 19.9. The second-order valence-electron chi connectivity index (χ2n) is 8.03. The normalized spacial score (nSPS) is 14.1. The van der Waals surface area contributed by atoms with E-state index in [9.17, 15) is 18.0 Å². The van der Waals surface area contributed by atoms with E-state index in [1.54, 1.807) is 47.4 Å². The van der Waals surface area contributed by atoms with Crippen LogP contribution in [0.3, 0.4) is 0 Å². The first-order chi connectivity index (χ1) is 16.2. The number of hydrogen-bond acceptors (Lipinski definition) is 5. The summed E-state index contributed by atoms with van der Waals surface area (Å²) in [5.41, 5.74) is 2.32. The van der Waals surface area contributed by atoms with E-state index in [-0.39, 0.29) is 16.6 Å². The predicted molar refractivity (Wildman–Crippen MR) is 133 cm³/mol. The maximum atomic E-state index is 13.1. The van der Waals surface area contributed by atoms with Crippen LogP contribution in [0.5, 0.6) is 0 Å². The Balaban J connectivity index is 1.43. The molecule has 0 aliphatic carbocycles. The van der Waals surface area contributed by atoms with Crippen molar-refractivity contribution in [1.82, 2.24) is 4.90 Å². The molecule has 1 saturated heterocycles. The Morgan fingerprint density at radius 2 is 1.53 bits per heavy atom. The molecule has 9 heteroatoms. The third kappa shape index (κ3) is 5.40. The lowest BCUT2D eigenvalue weighted by molar-refractivity contribution is 0.0746. The molecule has 1 N–H and O–H groups in total. The number of rotatable bonds is 6. The standard InChI is InChI=1S/C25H24ClN3O4S/c1-18(30)19-8-10-23(11-9-19)28-12-14-29(15-13-28)25(31)20-4-2-7-24(16-20)34(32,33)27-22-6-3-5-21(26)17-22/h2-11,16-17,27H,12-15H2,1H3. The van der Waals surface area contributed by atoms with Gasteiger partial charge in [-0.05, 0) is 67.6 Å². The van der Waals surface area contributed by atoms with E-state index < -0.39 is 10.0 Å². The van der Waals surface area contributed by atoms with E-state index in [0.717, 1.165) is 5.69 Å². The van der Waals surface area contributed by atoms with Crippen LogP contribution in [0.4, 0.5) is 11.4 Å². The SMILES string of the molecule is CC(=O)c1ccc(N2CCN(C(=O)c3cccc(S(=O)(=O)Nc4cccc(Cl)c4)c3)CC2)cc1. The predicted octanol–water partition coefficient (Wildman–Crippen LogP) is 4.31. The van der Waals surface area contributed by atoms with Gasteiger partial charge in [-0.1, -0.05) is 23.7 Å². The van der Waals surface area contributed by atoms with Crippen molar-refractivity contribution in [3.63, 3.8) is 0 Å². The molecule has 176 valence electrons. The number of Topliss-reactive ketones (excluding diaryl/α,β-unsaturated/α-hetero) is 1. The van der Waals surface area contributed by atoms with Gasteiger partial charge in [-0.25, -0.2) is 8.42 Å². The summed E-state index contributed by atoms with van der Waals surface area (Å²) < 4.78 is 28.1. The molecule has 4 rings (SSSR count). The van der Waals surface area contributed by atoms with Crippen molar-refractivity contribution in [2.24, 2.45) is 0 Å². The van der Waals surface area contributed by atoms with Crippen LogP contribution < -0.4 is 9.62 Å². The minimum atomic E-state index is -3.88. The first-order valence-corrected chi connectivity index (χ1v) is 12.6. The molecule has 1 fully saturated rings.